The van der Waals surface area contributed by atoms with Crippen molar-refractivity contribution in [3.8, 4) is 11.5 Å². The molecule has 0 saturated heterocycles. The molecule has 1 atom stereocenters. The molecule has 0 unspecified atom stereocenters. The molecule has 6 nitrogen and oxygen atoms in total. The van der Waals surface area contributed by atoms with E-state index in [0.29, 0.717) is 17.9 Å². The minimum absolute atomic E-state index is 0.180. The maximum atomic E-state index is 13.7. The maximum Gasteiger partial charge on any atom is 0.261 e. The minimum atomic E-state index is -0.733. The molecule has 0 heterocycles. The number of hydrogen-bond donors (Lipinski definition) is 1. The molecule has 0 aliphatic rings. The van der Waals surface area contributed by atoms with Crippen LogP contribution in [-0.4, -0.2) is 42.0 Å². The van der Waals surface area contributed by atoms with Gasteiger partial charge in [-0.3, -0.25) is 9.59 Å². The van der Waals surface area contributed by atoms with E-state index in [-0.39, 0.29) is 25.0 Å². The first kappa shape index (κ1) is 27.8. The van der Waals surface area contributed by atoms with Gasteiger partial charge >= 0.3 is 0 Å². The zero-order valence-electron chi connectivity index (χ0n) is 22.7. The van der Waals surface area contributed by atoms with Gasteiger partial charge in [0.05, 0.1) is 7.11 Å². The highest BCUT2D eigenvalue weighted by Crippen LogP contribution is 2.20. The fraction of sp³-hybridized carbons (Fsp3) is 0.355. The lowest BCUT2D eigenvalue weighted by atomic mass is 10.0. The van der Waals surface area contributed by atoms with Gasteiger partial charge < -0.3 is 19.7 Å². The lowest BCUT2D eigenvalue weighted by Crippen LogP contribution is -2.55. The zero-order valence-corrected chi connectivity index (χ0v) is 22.7. The number of hydrogen-bond acceptors (Lipinski definition) is 4. The highest BCUT2D eigenvalue weighted by atomic mass is 16.5. The van der Waals surface area contributed by atoms with E-state index in [4.69, 9.17) is 9.47 Å². The van der Waals surface area contributed by atoms with Crippen LogP contribution in [0.2, 0.25) is 0 Å². The average molecular weight is 503 g/mol. The molecule has 0 fully saturated rings. The van der Waals surface area contributed by atoms with Crippen molar-refractivity contribution in [2.45, 2.75) is 59.2 Å². The van der Waals surface area contributed by atoms with Crippen molar-refractivity contribution >= 4 is 11.8 Å². The molecule has 3 aromatic rings. The Kier molecular flexibility index (Phi) is 9.34. The van der Waals surface area contributed by atoms with Crippen molar-refractivity contribution in [3.63, 3.8) is 0 Å². The molecule has 0 radical (unpaired) electrons. The quantitative estimate of drug-likeness (QED) is 0.411. The first-order valence-corrected chi connectivity index (χ1v) is 12.5. The zero-order chi connectivity index (χ0) is 27.0. The summed E-state index contributed by atoms with van der Waals surface area (Å²) >= 11 is 0. The molecule has 196 valence electrons. The van der Waals surface area contributed by atoms with E-state index >= 15 is 0 Å². The molecule has 0 spiro atoms. The molecule has 0 bridgehead atoms. The van der Waals surface area contributed by atoms with Crippen LogP contribution < -0.4 is 14.8 Å². The van der Waals surface area contributed by atoms with Gasteiger partial charge in [0.2, 0.25) is 5.91 Å². The second-order valence-corrected chi connectivity index (χ2v) is 10.4. The third-order valence-corrected chi connectivity index (χ3v) is 5.81. The van der Waals surface area contributed by atoms with Gasteiger partial charge in [-0.25, -0.2) is 0 Å². The van der Waals surface area contributed by atoms with Crippen LogP contribution in [0.25, 0.3) is 0 Å². The summed E-state index contributed by atoms with van der Waals surface area (Å²) in [7, 11) is 1.61. The van der Waals surface area contributed by atoms with Gasteiger partial charge in [0.25, 0.3) is 5.91 Å². The molecule has 37 heavy (non-hydrogen) atoms. The first-order chi connectivity index (χ1) is 17.5. The van der Waals surface area contributed by atoms with Crippen LogP contribution in [0, 0.1) is 13.8 Å². The predicted octanol–water partition coefficient (Wildman–Crippen LogP) is 5.25. The Balaban J connectivity index is 1.95. The second-order valence-electron chi connectivity index (χ2n) is 10.4. The number of nitrogens with one attached hydrogen (secondary N) is 1. The molecule has 3 aromatic carbocycles. The molecule has 0 saturated carbocycles. The number of carbonyl (C=O) groups is 2. The monoisotopic (exact) mass is 502 g/mol. The normalized spacial score (nSPS) is 11.9. The van der Waals surface area contributed by atoms with Gasteiger partial charge in [-0.15, -0.1) is 0 Å². The smallest absolute Gasteiger partial charge is 0.261 e. The SMILES string of the molecule is COc1cccc(CN(C(=O)COc2cc(C)cc(C)c2)[C@@H](Cc2ccccc2)C(=O)NC(C)(C)C)c1. The van der Waals surface area contributed by atoms with E-state index in [1.807, 2.05) is 101 Å². The number of nitrogens with zero attached hydrogens (tertiary/aromatic N) is 1. The molecule has 1 N–H and O–H groups in total. The molecular weight excluding hydrogens is 464 g/mol. The summed E-state index contributed by atoms with van der Waals surface area (Å²) < 4.78 is 11.3. The number of benzene rings is 3. The summed E-state index contributed by atoms with van der Waals surface area (Å²) in [6.45, 7) is 9.83. The third kappa shape index (κ3) is 8.67. The van der Waals surface area contributed by atoms with E-state index in [9.17, 15) is 9.59 Å². The molecule has 0 aliphatic heterocycles. The topological polar surface area (TPSA) is 67.9 Å². The fourth-order valence-corrected chi connectivity index (χ4v) is 4.22. The molecule has 2 amide bonds. The van der Waals surface area contributed by atoms with Crippen LogP contribution in [0.5, 0.6) is 11.5 Å². The van der Waals surface area contributed by atoms with Crippen LogP contribution in [0.3, 0.4) is 0 Å². The molecule has 3 rings (SSSR count). The molecular formula is C31H38N2O4. The van der Waals surface area contributed by atoms with Crippen molar-refractivity contribution in [3.05, 3.63) is 95.1 Å². The van der Waals surface area contributed by atoms with E-state index in [1.165, 1.54) is 0 Å². The third-order valence-electron chi connectivity index (χ3n) is 5.81. The Hall–Kier alpha value is -3.80. The van der Waals surface area contributed by atoms with E-state index in [0.717, 1.165) is 22.3 Å². The van der Waals surface area contributed by atoms with E-state index in [2.05, 4.69) is 11.4 Å². The minimum Gasteiger partial charge on any atom is -0.497 e. The summed E-state index contributed by atoms with van der Waals surface area (Å²) in [5.74, 6) is 0.840. The van der Waals surface area contributed by atoms with Gasteiger partial charge in [0.15, 0.2) is 6.61 Å². The lowest BCUT2D eigenvalue weighted by Gasteiger charge is -2.33. The van der Waals surface area contributed by atoms with Crippen molar-refractivity contribution in [2.24, 2.45) is 0 Å². The molecule has 6 heteroatoms. The number of amides is 2. The Labute approximate surface area is 220 Å². The Morgan fingerprint density at radius 1 is 0.865 bits per heavy atom. The standard InChI is InChI=1S/C31H38N2O4/c1-22-15-23(2)17-27(16-22)37-21-29(34)33(20-25-13-10-14-26(18-25)36-6)28(30(35)32-31(3,4)5)19-24-11-8-7-9-12-24/h7-18,28H,19-21H2,1-6H3,(H,32,35)/t28-/m0/s1. The second kappa shape index (κ2) is 12.4. The van der Waals surface area contributed by atoms with Crippen molar-refractivity contribution in [2.75, 3.05) is 13.7 Å². The van der Waals surface area contributed by atoms with Gasteiger partial charge in [-0.2, -0.15) is 0 Å². The fourth-order valence-electron chi connectivity index (χ4n) is 4.22. The van der Waals surface area contributed by atoms with E-state index < -0.39 is 11.6 Å². The number of carbonyl (C=O) groups excluding carboxylic acids is 2. The van der Waals surface area contributed by atoms with Crippen LogP contribution >= 0.6 is 0 Å². The van der Waals surface area contributed by atoms with Gasteiger partial charge in [-0.05, 0) is 81.1 Å². The van der Waals surface area contributed by atoms with Gasteiger partial charge in [0, 0.05) is 18.5 Å². The van der Waals surface area contributed by atoms with Gasteiger partial charge in [0.1, 0.15) is 17.5 Å². The van der Waals surface area contributed by atoms with Crippen molar-refractivity contribution in [1.29, 1.82) is 0 Å². The Bertz CT molecular complexity index is 1180. The van der Waals surface area contributed by atoms with Crippen molar-refractivity contribution in [1.82, 2.24) is 10.2 Å². The largest absolute Gasteiger partial charge is 0.497 e. The van der Waals surface area contributed by atoms with E-state index in [1.54, 1.807) is 12.0 Å². The van der Waals surface area contributed by atoms with Crippen LogP contribution in [0.15, 0.2) is 72.8 Å². The number of methoxy groups -OCH3 is 1. The first-order valence-electron chi connectivity index (χ1n) is 12.5. The number of ether oxygens (including phenoxy) is 2. The summed E-state index contributed by atoms with van der Waals surface area (Å²) in [5.41, 5.74) is 3.49. The Morgan fingerprint density at radius 2 is 1.51 bits per heavy atom. The number of aryl methyl sites for hydroxylation is 2. The van der Waals surface area contributed by atoms with Crippen LogP contribution in [-0.2, 0) is 22.6 Å². The van der Waals surface area contributed by atoms with Crippen molar-refractivity contribution < 1.29 is 19.1 Å². The summed E-state index contributed by atoms with van der Waals surface area (Å²) in [5, 5.41) is 3.07. The van der Waals surface area contributed by atoms with Gasteiger partial charge in [-0.1, -0.05) is 48.5 Å². The molecule has 0 aliphatic carbocycles. The summed E-state index contributed by atoms with van der Waals surface area (Å²) in [6, 6.07) is 22.4. The lowest BCUT2D eigenvalue weighted by molar-refractivity contribution is -0.143. The highest BCUT2D eigenvalue weighted by Gasteiger charge is 2.32. The Morgan fingerprint density at radius 3 is 2.14 bits per heavy atom. The van der Waals surface area contributed by atoms with Crippen LogP contribution in [0.4, 0.5) is 0 Å². The number of rotatable bonds is 10. The highest BCUT2D eigenvalue weighted by molar-refractivity contribution is 5.89. The summed E-state index contributed by atoms with van der Waals surface area (Å²) in [4.78, 5) is 29.0. The molecule has 0 aromatic heterocycles. The maximum absolute atomic E-state index is 13.7. The predicted molar refractivity (Wildman–Crippen MR) is 147 cm³/mol. The van der Waals surface area contributed by atoms with Crippen LogP contribution in [0.1, 0.15) is 43.0 Å². The summed E-state index contributed by atoms with van der Waals surface area (Å²) in [6.07, 6.45) is 0.377. The average Bonchev–Trinajstić information content (AvgIpc) is 2.83.